The molecule has 1 rings (SSSR count). The molecule has 0 aliphatic rings. The Labute approximate surface area is 109 Å². The van der Waals surface area contributed by atoms with E-state index in [0.29, 0.717) is 13.2 Å². The van der Waals surface area contributed by atoms with Gasteiger partial charge in [-0.2, -0.15) is 5.10 Å². The largest absolute Gasteiger partial charge is 0.389 e. The van der Waals surface area contributed by atoms with Gasteiger partial charge in [-0.25, -0.2) is 0 Å². The number of hydrogen-bond acceptors (Lipinski definition) is 4. The third-order valence-electron chi connectivity index (χ3n) is 2.61. The molecule has 104 valence electrons. The first-order valence-corrected chi connectivity index (χ1v) is 6.68. The molecular formula is C13H25N3O2. The van der Waals surface area contributed by atoms with E-state index in [2.05, 4.69) is 17.3 Å². The lowest BCUT2D eigenvalue weighted by molar-refractivity contribution is 0.0359. The predicted octanol–water partition coefficient (Wildman–Crippen LogP) is 0.959. The van der Waals surface area contributed by atoms with Gasteiger partial charge in [0, 0.05) is 25.9 Å². The number of aliphatic hydroxyl groups is 1. The quantitative estimate of drug-likeness (QED) is 0.611. The van der Waals surface area contributed by atoms with E-state index in [-0.39, 0.29) is 0 Å². The fourth-order valence-electron chi connectivity index (χ4n) is 1.58. The topological polar surface area (TPSA) is 59.3 Å². The van der Waals surface area contributed by atoms with Crippen molar-refractivity contribution in [2.45, 2.75) is 39.3 Å². The van der Waals surface area contributed by atoms with Crippen molar-refractivity contribution >= 4 is 0 Å². The zero-order valence-corrected chi connectivity index (χ0v) is 11.4. The molecule has 0 fully saturated rings. The fourth-order valence-corrected chi connectivity index (χ4v) is 1.58. The summed E-state index contributed by atoms with van der Waals surface area (Å²) in [6.45, 7) is 7.47. The van der Waals surface area contributed by atoms with E-state index in [0.717, 1.165) is 32.5 Å². The second-order valence-corrected chi connectivity index (χ2v) is 4.57. The molecule has 0 saturated carbocycles. The van der Waals surface area contributed by atoms with Gasteiger partial charge < -0.3 is 15.2 Å². The number of unbranched alkanes of at least 4 members (excludes halogenated alkanes) is 1. The van der Waals surface area contributed by atoms with Gasteiger partial charge >= 0.3 is 0 Å². The van der Waals surface area contributed by atoms with E-state index in [9.17, 15) is 5.11 Å². The molecule has 0 bridgehead atoms. The normalized spacial score (nSPS) is 12.8. The first-order chi connectivity index (χ1) is 8.72. The van der Waals surface area contributed by atoms with Gasteiger partial charge in [0.1, 0.15) is 0 Å². The van der Waals surface area contributed by atoms with Crippen molar-refractivity contribution < 1.29 is 9.84 Å². The molecule has 0 saturated heterocycles. The maximum atomic E-state index is 9.64. The highest BCUT2D eigenvalue weighted by Gasteiger charge is 2.03. The van der Waals surface area contributed by atoms with Gasteiger partial charge in [0.05, 0.1) is 25.5 Å². The zero-order valence-electron chi connectivity index (χ0n) is 11.4. The minimum Gasteiger partial charge on any atom is -0.389 e. The number of hydrogen-bond donors (Lipinski definition) is 2. The third-order valence-corrected chi connectivity index (χ3v) is 2.61. The van der Waals surface area contributed by atoms with Crippen LogP contribution in [0.25, 0.3) is 0 Å². The van der Waals surface area contributed by atoms with Crippen molar-refractivity contribution in [1.29, 1.82) is 0 Å². The van der Waals surface area contributed by atoms with Crippen LogP contribution in [0.2, 0.25) is 0 Å². The fraction of sp³-hybridized carbons (Fsp3) is 0.769. The first kappa shape index (κ1) is 15.1. The Hall–Kier alpha value is -0.910. The van der Waals surface area contributed by atoms with Crippen molar-refractivity contribution in [3.63, 3.8) is 0 Å². The molecule has 0 radical (unpaired) electrons. The van der Waals surface area contributed by atoms with Crippen molar-refractivity contribution in [2.24, 2.45) is 0 Å². The number of nitrogens with one attached hydrogen (secondary N) is 1. The molecule has 0 aliphatic heterocycles. The SMILES string of the molecule is CCCCOCC(O)CNCCn1cc(C)cn1. The molecule has 5 heteroatoms. The lowest BCUT2D eigenvalue weighted by Gasteiger charge is -2.12. The van der Waals surface area contributed by atoms with Gasteiger partial charge in [-0.1, -0.05) is 13.3 Å². The maximum Gasteiger partial charge on any atom is 0.0897 e. The van der Waals surface area contributed by atoms with E-state index >= 15 is 0 Å². The summed E-state index contributed by atoms with van der Waals surface area (Å²) < 4.78 is 7.24. The Kier molecular flexibility index (Phi) is 7.64. The highest BCUT2D eigenvalue weighted by Crippen LogP contribution is 1.93. The Morgan fingerprint density at radius 3 is 3.06 bits per heavy atom. The Morgan fingerprint density at radius 2 is 2.39 bits per heavy atom. The Balaban J connectivity index is 1.96. The number of aromatic nitrogens is 2. The van der Waals surface area contributed by atoms with Gasteiger partial charge in [0.2, 0.25) is 0 Å². The highest BCUT2D eigenvalue weighted by atomic mass is 16.5. The number of aliphatic hydroxyl groups excluding tert-OH is 1. The summed E-state index contributed by atoms with van der Waals surface area (Å²) in [5.74, 6) is 0. The molecule has 0 spiro atoms. The molecule has 1 atom stereocenters. The molecule has 0 amide bonds. The van der Waals surface area contributed by atoms with Crippen LogP contribution in [0.5, 0.6) is 0 Å². The van der Waals surface area contributed by atoms with E-state index < -0.39 is 6.10 Å². The van der Waals surface area contributed by atoms with Gasteiger partial charge in [0.25, 0.3) is 0 Å². The third kappa shape index (κ3) is 6.74. The zero-order chi connectivity index (χ0) is 13.2. The molecule has 1 aromatic heterocycles. The van der Waals surface area contributed by atoms with Crippen LogP contribution < -0.4 is 5.32 Å². The number of aryl methyl sites for hydroxylation is 1. The van der Waals surface area contributed by atoms with Crippen LogP contribution in [0.4, 0.5) is 0 Å². The molecule has 1 unspecified atom stereocenters. The molecule has 5 nitrogen and oxygen atoms in total. The van der Waals surface area contributed by atoms with Gasteiger partial charge in [-0.05, 0) is 18.9 Å². The summed E-state index contributed by atoms with van der Waals surface area (Å²) in [6.07, 6.45) is 5.60. The van der Waals surface area contributed by atoms with Crippen molar-refractivity contribution in [3.8, 4) is 0 Å². The Bertz CT molecular complexity index is 315. The van der Waals surface area contributed by atoms with Crippen LogP contribution >= 0.6 is 0 Å². The van der Waals surface area contributed by atoms with Crippen molar-refractivity contribution in [3.05, 3.63) is 18.0 Å². The van der Waals surface area contributed by atoms with Crippen LogP contribution in [0.1, 0.15) is 25.3 Å². The Morgan fingerprint density at radius 1 is 1.56 bits per heavy atom. The number of ether oxygens (including phenoxy) is 1. The number of rotatable bonds is 10. The molecule has 0 aromatic carbocycles. The lowest BCUT2D eigenvalue weighted by atomic mass is 10.3. The van der Waals surface area contributed by atoms with Crippen LogP contribution in [-0.2, 0) is 11.3 Å². The standard InChI is InChI=1S/C13H25N3O2/c1-3-4-7-18-11-13(17)9-14-5-6-16-10-12(2)8-15-16/h8,10,13-14,17H,3-7,9,11H2,1-2H3. The van der Waals surface area contributed by atoms with E-state index in [1.807, 2.05) is 24.0 Å². The summed E-state index contributed by atoms with van der Waals surface area (Å²) in [6, 6.07) is 0. The van der Waals surface area contributed by atoms with Crippen LogP contribution in [0.15, 0.2) is 12.4 Å². The van der Waals surface area contributed by atoms with Crippen molar-refractivity contribution in [2.75, 3.05) is 26.3 Å². The van der Waals surface area contributed by atoms with Crippen LogP contribution in [0, 0.1) is 6.92 Å². The molecule has 18 heavy (non-hydrogen) atoms. The number of nitrogens with zero attached hydrogens (tertiary/aromatic N) is 2. The molecule has 1 heterocycles. The molecule has 0 aliphatic carbocycles. The van der Waals surface area contributed by atoms with Gasteiger partial charge in [-0.15, -0.1) is 0 Å². The predicted molar refractivity (Wildman–Crippen MR) is 71.6 cm³/mol. The molecular weight excluding hydrogens is 230 g/mol. The average Bonchev–Trinajstić information content (AvgIpc) is 2.76. The summed E-state index contributed by atoms with van der Waals surface area (Å²) in [7, 11) is 0. The first-order valence-electron chi connectivity index (χ1n) is 6.68. The van der Waals surface area contributed by atoms with Crippen LogP contribution in [0.3, 0.4) is 0 Å². The summed E-state index contributed by atoms with van der Waals surface area (Å²) in [4.78, 5) is 0. The van der Waals surface area contributed by atoms with Gasteiger partial charge in [-0.3, -0.25) is 4.68 Å². The minimum absolute atomic E-state index is 0.411. The summed E-state index contributed by atoms with van der Waals surface area (Å²) in [5.41, 5.74) is 1.17. The van der Waals surface area contributed by atoms with E-state index in [1.54, 1.807) is 0 Å². The smallest absolute Gasteiger partial charge is 0.0897 e. The van der Waals surface area contributed by atoms with E-state index in [4.69, 9.17) is 4.74 Å². The summed E-state index contributed by atoms with van der Waals surface area (Å²) >= 11 is 0. The molecule has 1 aromatic rings. The minimum atomic E-state index is -0.429. The lowest BCUT2D eigenvalue weighted by Crippen LogP contribution is -2.32. The average molecular weight is 255 g/mol. The van der Waals surface area contributed by atoms with Gasteiger partial charge in [0.15, 0.2) is 0 Å². The maximum absolute atomic E-state index is 9.64. The highest BCUT2D eigenvalue weighted by molar-refractivity contribution is 4.99. The summed E-state index contributed by atoms with van der Waals surface area (Å²) in [5, 5.41) is 17.0. The second kappa shape index (κ2) is 9.08. The van der Waals surface area contributed by atoms with Crippen LogP contribution in [-0.4, -0.2) is 47.3 Å². The van der Waals surface area contributed by atoms with Crippen molar-refractivity contribution in [1.82, 2.24) is 15.1 Å². The van der Waals surface area contributed by atoms with E-state index in [1.165, 1.54) is 5.56 Å². The second-order valence-electron chi connectivity index (χ2n) is 4.57. The monoisotopic (exact) mass is 255 g/mol. The molecule has 2 N–H and O–H groups in total.